The van der Waals surface area contributed by atoms with Crippen molar-refractivity contribution in [2.75, 3.05) is 4.90 Å². The lowest BCUT2D eigenvalue weighted by molar-refractivity contribution is -0.133. The number of hydrogen-bond donors (Lipinski definition) is 2. The average molecular weight is 792 g/mol. The van der Waals surface area contributed by atoms with Crippen LogP contribution in [0.25, 0.3) is 58.7 Å². The van der Waals surface area contributed by atoms with Gasteiger partial charge in [0.05, 0.1) is 0 Å². The van der Waals surface area contributed by atoms with Crippen LogP contribution >= 0.6 is 0 Å². The first-order chi connectivity index (χ1) is 29.8. The minimum Gasteiger partial charge on any atom is -0.477 e. The Balaban J connectivity index is 1.00. The molecule has 0 saturated heterocycles. The molecule has 0 aliphatic heterocycles. The Labute approximate surface area is 354 Å². The maximum absolute atomic E-state index is 11.2. The van der Waals surface area contributed by atoms with Crippen molar-refractivity contribution in [2.45, 2.75) is 0 Å². The van der Waals surface area contributed by atoms with Crippen molar-refractivity contribution < 1.29 is 19.8 Å². The summed E-state index contributed by atoms with van der Waals surface area (Å²) in [6, 6.07) is 61.9. The Morgan fingerprint density at radius 2 is 0.639 bits per heavy atom. The number of carbonyl (C=O) groups is 2. The summed E-state index contributed by atoms with van der Waals surface area (Å²) in [4.78, 5) is 24.5. The Kier molecular flexibility index (Phi) is 12.7. The lowest BCUT2D eigenvalue weighted by atomic mass is 10.0. The van der Waals surface area contributed by atoms with Crippen LogP contribution in [-0.4, -0.2) is 22.2 Å². The van der Waals surface area contributed by atoms with Crippen molar-refractivity contribution in [1.29, 1.82) is 10.5 Å². The van der Waals surface area contributed by atoms with Gasteiger partial charge in [0.2, 0.25) is 0 Å². The second-order valence-electron chi connectivity index (χ2n) is 14.0. The highest BCUT2D eigenvalue weighted by Gasteiger charge is 2.12. The number of anilines is 3. The summed E-state index contributed by atoms with van der Waals surface area (Å²) in [5.41, 5.74) is 12.1. The molecule has 7 rings (SSSR count). The quantitative estimate of drug-likeness (QED) is 0.0676. The zero-order chi connectivity index (χ0) is 42.6. The van der Waals surface area contributed by atoms with E-state index in [9.17, 15) is 9.59 Å². The molecule has 7 aromatic carbocycles. The van der Waals surface area contributed by atoms with Gasteiger partial charge in [-0.3, -0.25) is 0 Å². The largest absolute Gasteiger partial charge is 0.477 e. The third-order valence-electron chi connectivity index (χ3n) is 9.89. The van der Waals surface area contributed by atoms with Crippen LogP contribution in [0.15, 0.2) is 187 Å². The highest BCUT2D eigenvalue weighted by atomic mass is 16.4. The molecule has 0 radical (unpaired) electrons. The number of nitrogens with zero attached hydrogens (tertiary/aromatic N) is 3. The monoisotopic (exact) mass is 791 g/mol. The van der Waals surface area contributed by atoms with E-state index >= 15 is 0 Å². The molecule has 0 aromatic heterocycles. The maximum atomic E-state index is 11.2. The van der Waals surface area contributed by atoms with Crippen LogP contribution in [0.3, 0.4) is 0 Å². The Morgan fingerprint density at radius 1 is 0.377 bits per heavy atom. The SMILES string of the molecule is N#C/C(=C/c1ccc(-c2ccc(/C=C/c3ccc(N(c4ccccc4)c4ccc(/C=C/c5ccc(-c6ccc(/C=C(/C#N)C(=O)O)cc6)cc5)cc4)cc3)cc2)cc1)C(=O)O. The smallest absolute Gasteiger partial charge is 0.346 e. The molecule has 0 heterocycles. The van der Waals surface area contributed by atoms with E-state index in [-0.39, 0.29) is 11.1 Å². The number of carboxylic acid groups (broad SMARTS) is 2. The molecular weight excluding hydrogens is 755 g/mol. The van der Waals surface area contributed by atoms with Crippen molar-refractivity contribution in [1.82, 2.24) is 0 Å². The minimum absolute atomic E-state index is 0.305. The minimum atomic E-state index is -1.24. The standard InChI is InChI=1S/C54H37N3O4/c55-36-48(53(58)59)34-42-14-26-46(27-15-42)44-22-10-38(11-23-44)6-8-40-18-30-51(31-19-40)57(50-4-2-1-3-5-50)52-32-20-41(21-33-52)9-7-39-12-24-45(25-13-39)47-28-16-43(17-29-47)35-49(37-56)54(60)61/h1-35H,(H,58,59)(H,60,61)/b8-6+,9-7+,48-34-,49-35-. The topological polar surface area (TPSA) is 125 Å². The summed E-state index contributed by atoms with van der Waals surface area (Å²) < 4.78 is 0. The van der Waals surface area contributed by atoms with Crippen LogP contribution in [0.5, 0.6) is 0 Å². The number of para-hydroxylation sites is 1. The number of benzene rings is 7. The number of aliphatic carboxylic acids is 2. The third kappa shape index (κ3) is 10.4. The van der Waals surface area contributed by atoms with E-state index in [0.29, 0.717) is 11.1 Å². The molecule has 0 fully saturated rings. The van der Waals surface area contributed by atoms with E-state index in [0.717, 1.165) is 61.6 Å². The van der Waals surface area contributed by atoms with Crippen molar-refractivity contribution in [3.63, 3.8) is 0 Å². The summed E-state index contributed by atoms with van der Waals surface area (Å²) in [7, 11) is 0. The summed E-state index contributed by atoms with van der Waals surface area (Å²) in [5.74, 6) is -2.49. The van der Waals surface area contributed by atoms with E-state index in [4.69, 9.17) is 20.7 Å². The van der Waals surface area contributed by atoms with Gasteiger partial charge in [-0.15, -0.1) is 0 Å². The molecule has 2 N–H and O–H groups in total. The second-order valence-corrected chi connectivity index (χ2v) is 14.0. The lowest BCUT2D eigenvalue weighted by Gasteiger charge is -2.25. The molecule has 61 heavy (non-hydrogen) atoms. The van der Waals surface area contributed by atoms with Gasteiger partial charge in [0, 0.05) is 17.1 Å². The van der Waals surface area contributed by atoms with Gasteiger partial charge in [0.1, 0.15) is 23.3 Å². The molecule has 0 aliphatic rings. The van der Waals surface area contributed by atoms with Gasteiger partial charge in [-0.2, -0.15) is 10.5 Å². The maximum Gasteiger partial charge on any atom is 0.346 e. The van der Waals surface area contributed by atoms with Crippen LogP contribution in [0, 0.1) is 22.7 Å². The normalized spacial score (nSPS) is 11.6. The average Bonchev–Trinajstić information content (AvgIpc) is 3.30. The number of hydrogen-bond acceptors (Lipinski definition) is 5. The molecule has 0 atom stereocenters. The fourth-order valence-corrected chi connectivity index (χ4v) is 6.61. The van der Waals surface area contributed by atoms with Crippen molar-refractivity contribution in [2.24, 2.45) is 0 Å². The molecule has 7 nitrogen and oxygen atoms in total. The van der Waals surface area contributed by atoms with Crippen molar-refractivity contribution in [3.05, 3.63) is 220 Å². The first kappa shape index (κ1) is 40.4. The molecule has 0 amide bonds. The lowest BCUT2D eigenvalue weighted by Crippen LogP contribution is -2.09. The van der Waals surface area contributed by atoms with Gasteiger partial charge in [0.25, 0.3) is 0 Å². The van der Waals surface area contributed by atoms with Crippen molar-refractivity contribution >= 4 is 65.5 Å². The summed E-state index contributed by atoms with van der Waals surface area (Å²) in [6.07, 6.45) is 11.1. The fraction of sp³-hybridized carbons (Fsp3) is 0. The first-order valence-corrected chi connectivity index (χ1v) is 19.3. The Bertz CT molecular complexity index is 2680. The van der Waals surface area contributed by atoms with Gasteiger partial charge in [0.15, 0.2) is 0 Å². The van der Waals surface area contributed by atoms with Crippen LogP contribution in [0.4, 0.5) is 17.1 Å². The summed E-state index contributed by atoms with van der Waals surface area (Å²) >= 11 is 0. The highest BCUT2D eigenvalue weighted by molar-refractivity contribution is 5.97. The summed E-state index contributed by atoms with van der Waals surface area (Å²) in [6.45, 7) is 0. The molecule has 0 unspecified atom stereocenters. The van der Waals surface area contributed by atoms with Crippen LogP contribution in [0.1, 0.15) is 33.4 Å². The predicted octanol–water partition coefficient (Wildman–Crippen LogP) is 12.8. The van der Waals surface area contributed by atoms with Crippen LogP contribution in [-0.2, 0) is 9.59 Å². The molecule has 7 heteroatoms. The van der Waals surface area contributed by atoms with E-state index < -0.39 is 11.9 Å². The molecule has 0 saturated carbocycles. The van der Waals surface area contributed by atoms with Gasteiger partial charge < -0.3 is 15.1 Å². The van der Waals surface area contributed by atoms with E-state index in [2.05, 4.69) is 114 Å². The Morgan fingerprint density at radius 3 is 0.918 bits per heavy atom. The summed E-state index contributed by atoms with van der Waals surface area (Å²) in [5, 5.41) is 36.3. The molecule has 0 bridgehead atoms. The molecule has 0 aliphatic carbocycles. The van der Waals surface area contributed by atoms with Crippen LogP contribution < -0.4 is 4.90 Å². The van der Waals surface area contributed by atoms with Crippen molar-refractivity contribution in [3.8, 4) is 34.4 Å². The predicted molar refractivity (Wildman–Crippen MR) is 245 cm³/mol. The number of nitriles is 2. The van der Waals surface area contributed by atoms with Crippen LogP contribution in [0.2, 0.25) is 0 Å². The molecule has 7 aromatic rings. The third-order valence-corrected chi connectivity index (χ3v) is 9.89. The van der Waals surface area contributed by atoms with E-state index in [1.54, 1.807) is 36.4 Å². The molecule has 0 spiro atoms. The second kappa shape index (κ2) is 19.1. The molecule has 292 valence electrons. The van der Waals surface area contributed by atoms with Gasteiger partial charge >= 0.3 is 11.9 Å². The zero-order valence-corrected chi connectivity index (χ0v) is 32.8. The van der Waals surface area contributed by atoms with Gasteiger partial charge in [-0.1, -0.05) is 164 Å². The van der Waals surface area contributed by atoms with Gasteiger partial charge in [-0.05, 0) is 104 Å². The first-order valence-electron chi connectivity index (χ1n) is 19.3. The highest BCUT2D eigenvalue weighted by Crippen LogP contribution is 2.35. The van der Waals surface area contributed by atoms with Gasteiger partial charge in [-0.25, -0.2) is 9.59 Å². The number of carboxylic acids is 2. The Hall–Kier alpha value is -8.78. The van der Waals surface area contributed by atoms with E-state index in [1.165, 1.54) is 12.2 Å². The zero-order valence-electron chi connectivity index (χ0n) is 32.8. The molecular formula is C54H37N3O4. The fourth-order valence-electron chi connectivity index (χ4n) is 6.61. The number of rotatable bonds is 13. The van der Waals surface area contributed by atoms with E-state index in [1.807, 2.05) is 66.7 Å².